The van der Waals surface area contributed by atoms with Gasteiger partial charge in [0, 0.05) is 11.6 Å². The highest BCUT2D eigenvalue weighted by Gasteiger charge is 2.28. The van der Waals surface area contributed by atoms with E-state index in [1.165, 1.54) is 30.5 Å². The van der Waals surface area contributed by atoms with Gasteiger partial charge in [0.1, 0.15) is 18.6 Å². The van der Waals surface area contributed by atoms with Gasteiger partial charge in [-0.2, -0.15) is 0 Å². The quantitative estimate of drug-likeness (QED) is 0.597. The molecule has 7 nitrogen and oxygen atoms in total. The number of aryl methyl sites for hydroxylation is 1. The number of oxazole rings is 1. The van der Waals surface area contributed by atoms with Crippen molar-refractivity contribution in [2.45, 2.75) is 37.3 Å². The molecular weight excluding hydrogens is 392 g/mol. The van der Waals surface area contributed by atoms with E-state index in [2.05, 4.69) is 9.71 Å². The first-order valence-electron chi connectivity index (χ1n) is 9.22. The number of nitrogens with zero attached hydrogens (tertiary/aromatic N) is 1. The standard InChI is InChI=1S/C21H20N2O5S/c1-14-5-7-15(8-6-14)20-22-18(12-27-20)13-28-21(24)16-3-2-4-19(11-16)29(25,26)23-17-9-10-17/h2-8,11-12,17,23H,9-10,13H2,1H3. The lowest BCUT2D eigenvalue weighted by atomic mass is 10.1. The number of nitrogens with one attached hydrogen (secondary N) is 1. The third-order valence-electron chi connectivity index (χ3n) is 4.48. The summed E-state index contributed by atoms with van der Waals surface area (Å²) in [6.07, 6.45) is 3.11. The molecule has 29 heavy (non-hydrogen) atoms. The molecule has 1 saturated carbocycles. The number of esters is 1. The van der Waals surface area contributed by atoms with E-state index in [9.17, 15) is 13.2 Å². The second-order valence-corrected chi connectivity index (χ2v) is 8.72. The van der Waals surface area contributed by atoms with E-state index in [0.29, 0.717) is 11.6 Å². The van der Waals surface area contributed by atoms with Gasteiger partial charge in [0.05, 0.1) is 10.5 Å². The number of ether oxygens (including phenoxy) is 1. The van der Waals surface area contributed by atoms with E-state index in [1.54, 1.807) is 0 Å². The number of aromatic nitrogens is 1. The van der Waals surface area contributed by atoms with Crippen LogP contribution in [0.5, 0.6) is 0 Å². The number of rotatable bonds is 7. The second kappa shape index (κ2) is 7.81. The SMILES string of the molecule is Cc1ccc(-c2nc(COC(=O)c3cccc(S(=O)(=O)NC4CC4)c3)co2)cc1. The molecule has 2 aromatic carbocycles. The largest absolute Gasteiger partial charge is 0.455 e. The van der Waals surface area contributed by atoms with E-state index < -0.39 is 16.0 Å². The Morgan fingerprint density at radius 2 is 1.97 bits per heavy atom. The van der Waals surface area contributed by atoms with Gasteiger partial charge in [0.15, 0.2) is 0 Å². The maximum absolute atomic E-state index is 12.4. The summed E-state index contributed by atoms with van der Waals surface area (Å²) in [6.45, 7) is 1.91. The molecule has 0 atom stereocenters. The molecule has 150 valence electrons. The lowest BCUT2D eigenvalue weighted by molar-refractivity contribution is 0.0467. The van der Waals surface area contributed by atoms with E-state index in [0.717, 1.165) is 24.0 Å². The van der Waals surface area contributed by atoms with Crippen LogP contribution in [0.25, 0.3) is 11.5 Å². The fraction of sp³-hybridized carbons (Fsp3) is 0.238. The summed E-state index contributed by atoms with van der Waals surface area (Å²) >= 11 is 0. The molecule has 0 aliphatic heterocycles. The molecule has 0 saturated heterocycles. The number of sulfonamides is 1. The molecule has 3 aromatic rings. The average Bonchev–Trinajstić information content (AvgIpc) is 3.39. The molecule has 0 bridgehead atoms. The molecule has 0 spiro atoms. The number of benzene rings is 2. The van der Waals surface area contributed by atoms with Gasteiger partial charge in [-0.3, -0.25) is 0 Å². The summed E-state index contributed by atoms with van der Waals surface area (Å²) in [5, 5.41) is 0. The van der Waals surface area contributed by atoms with Gasteiger partial charge in [0.25, 0.3) is 0 Å². The first-order chi connectivity index (χ1) is 13.9. The summed E-state index contributed by atoms with van der Waals surface area (Å²) in [4.78, 5) is 16.7. The number of carbonyl (C=O) groups is 1. The van der Waals surface area contributed by atoms with Crippen LogP contribution in [0, 0.1) is 6.92 Å². The van der Waals surface area contributed by atoms with Gasteiger partial charge in [-0.15, -0.1) is 0 Å². The highest BCUT2D eigenvalue weighted by Crippen LogP contribution is 2.23. The third kappa shape index (κ3) is 4.72. The van der Waals surface area contributed by atoms with Crippen molar-refractivity contribution in [1.82, 2.24) is 9.71 Å². The Labute approximate surface area is 168 Å². The molecule has 1 fully saturated rings. The summed E-state index contributed by atoms with van der Waals surface area (Å²) in [5.41, 5.74) is 2.58. The van der Waals surface area contributed by atoms with Gasteiger partial charge in [-0.25, -0.2) is 22.9 Å². The fourth-order valence-electron chi connectivity index (χ4n) is 2.70. The van der Waals surface area contributed by atoms with Crippen LogP contribution in [0.3, 0.4) is 0 Å². The minimum Gasteiger partial charge on any atom is -0.455 e. The van der Waals surface area contributed by atoms with Crippen molar-refractivity contribution in [2.75, 3.05) is 0 Å². The summed E-state index contributed by atoms with van der Waals surface area (Å²) in [5.74, 6) is -0.191. The highest BCUT2D eigenvalue weighted by molar-refractivity contribution is 7.89. The number of hydrogen-bond acceptors (Lipinski definition) is 6. The number of hydrogen-bond donors (Lipinski definition) is 1. The van der Waals surface area contributed by atoms with Crippen molar-refractivity contribution < 1.29 is 22.4 Å². The summed E-state index contributed by atoms with van der Waals surface area (Å²) in [6, 6.07) is 13.5. The predicted molar refractivity (Wildman–Crippen MR) is 106 cm³/mol. The molecule has 1 heterocycles. The van der Waals surface area contributed by atoms with Crippen molar-refractivity contribution in [3.63, 3.8) is 0 Å². The first kappa shape index (κ1) is 19.4. The zero-order valence-corrected chi connectivity index (χ0v) is 16.6. The van der Waals surface area contributed by atoms with E-state index >= 15 is 0 Å². The fourth-order valence-corrected chi connectivity index (χ4v) is 4.05. The zero-order chi connectivity index (χ0) is 20.4. The molecule has 1 aliphatic carbocycles. The molecule has 1 aliphatic rings. The Morgan fingerprint density at radius 3 is 2.69 bits per heavy atom. The molecule has 4 rings (SSSR count). The normalized spacial score (nSPS) is 14.0. The Kier molecular flexibility index (Phi) is 5.21. The third-order valence-corrected chi connectivity index (χ3v) is 6.00. The highest BCUT2D eigenvalue weighted by atomic mass is 32.2. The van der Waals surface area contributed by atoms with Gasteiger partial charge in [-0.1, -0.05) is 23.8 Å². The predicted octanol–water partition coefficient (Wildman–Crippen LogP) is 3.45. The monoisotopic (exact) mass is 412 g/mol. The van der Waals surface area contributed by atoms with Gasteiger partial charge in [-0.05, 0) is 50.1 Å². The van der Waals surface area contributed by atoms with Crippen LogP contribution in [0.2, 0.25) is 0 Å². The molecule has 8 heteroatoms. The average molecular weight is 412 g/mol. The Morgan fingerprint density at radius 1 is 1.21 bits per heavy atom. The van der Waals surface area contributed by atoms with Crippen LogP contribution in [0.15, 0.2) is 64.1 Å². The van der Waals surface area contributed by atoms with E-state index in [1.807, 2.05) is 31.2 Å². The first-order valence-corrected chi connectivity index (χ1v) is 10.7. The lowest BCUT2D eigenvalue weighted by Gasteiger charge is -2.07. The van der Waals surface area contributed by atoms with Crippen molar-refractivity contribution in [3.8, 4) is 11.5 Å². The zero-order valence-electron chi connectivity index (χ0n) is 15.8. The van der Waals surface area contributed by atoms with Crippen LogP contribution in [0.1, 0.15) is 34.5 Å². The second-order valence-electron chi connectivity index (χ2n) is 7.01. The van der Waals surface area contributed by atoms with Gasteiger partial charge in [0.2, 0.25) is 15.9 Å². The molecule has 1 aromatic heterocycles. The van der Waals surface area contributed by atoms with Crippen molar-refractivity contribution in [1.29, 1.82) is 0 Å². The Hall–Kier alpha value is -2.97. The summed E-state index contributed by atoms with van der Waals surface area (Å²) < 4.78 is 37.9. The van der Waals surface area contributed by atoms with Crippen LogP contribution in [0.4, 0.5) is 0 Å². The Bertz CT molecular complexity index is 1130. The number of carbonyl (C=O) groups excluding carboxylic acids is 1. The van der Waals surface area contributed by atoms with E-state index in [-0.39, 0.29) is 23.1 Å². The van der Waals surface area contributed by atoms with Crippen LogP contribution in [-0.4, -0.2) is 25.4 Å². The van der Waals surface area contributed by atoms with Gasteiger partial charge >= 0.3 is 5.97 Å². The van der Waals surface area contributed by atoms with E-state index in [4.69, 9.17) is 9.15 Å². The maximum Gasteiger partial charge on any atom is 0.338 e. The minimum absolute atomic E-state index is 0.00880. The summed E-state index contributed by atoms with van der Waals surface area (Å²) in [7, 11) is -3.64. The molecule has 0 radical (unpaired) electrons. The molecular formula is C21H20N2O5S. The van der Waals surface area contributed by atoms with Crippen molar-refractivity contribution in [2.24, 2.45) is 0 Å². The topological polar surface area (TPSA) is 98.5 Å². The minimum atomic E-state index is -3.64. The maximum atomic E-state index is 12.4. The lowest BCUT2D eigenvalue weighted by Crippen LogP contribution is -2.25. The molecule has 0 amide bonds. The van der Waals surface area contributed by atoms with Crippen LogP contribution < -0.4 is 4.72 Å². The van der Waals surface area contributed by atoms with Gasteiger partial charge < -0.3 is 9.15 Å². The van der Waals surface area contributed by atoms with Crippen molar-refractivity contribution in [3.05, 3.63) is 71.6 Å². The van der Waals surface area contributed by atoms with Crippen molar-refractivity contribution >= 4 is 16.0 Å². The Balaban J connectivity index is 1.41. The molecule has 0 unspecified atom stereocenters. The van der Waals surface area contributed by atoms with Crippen LogP contribution >= 0.6 is 0 Å². The molecule has 1 N–H and O–H groups in total. The van der Waals surface area contributed by atoms with Crippen LogP contribution in [-0.2, 0) is 21.4 Å². The smallest absolute Gasteiger partial charge is 0.338 e.